The van der Waals surface area contributed by atoms with E-state index in [0.717, 1.165) is 16.3 Å². The lowest BCUT2D eigenvalue weighted by molar-refractivity contribution is 0.0666. The number of hydrogen-bond acceptors (Lipinski definition) is 5. The van der Waals surface area contributed by atoms with Gasteiger partial charge in [0.25, 0.3) is 5.91 Å². The van der Waals surface area contributed by atoms with Crippen molar-refractivity contribution in [2.24, 2.45) is 0 Å². The smallest absolute Gasteiger partial charge is 0.289 e. The number of nitrogens with zero attached hydrogens (tertiary/aromatic N) is 3. The molecule has 0 radical (unpaired) electrons. The topological polar surface area (TPSA) is 83.7 Å². The zero-order valence-electron chi connectivity index (χ0n) is 19.8. The van der Waals surface area contributed by atoms with Crippen LogP contribution in [0.2, 0.25) is 5.02 Å². The summed E-state index contributed by atoms with van der Waals surface area (Å²) in [6.45, 7) is 4.72. The van der Waals surface area contributed by atoms with E-state index in [4.69, 9.17) is 16.0 Å². The summed E-state index contributed by atoms with van der Waals surface area (Å²) in [5, 5.41) is 1.56. The summed E-state index contributed by atoms with van der Waals surface area (Å²) in [6.07, 6.45) is 4.76. The van der Waals surface area contributed by atoms with Gasteiger partial charge in [-0.25, -0.2) is 8.42 Å². The van der Waals surface area contributed by atoms with Gasteiger partial charge in [-0.1, -0.05) is 35.9 Å². The Balaban J connectivity index is 0.00000320. The number of halogens is 2. The maximum absolute atomic E-state index is 13.5. The first kappa shape index (κ1) is 26.9. The van der Waals surface area contributed by atoms with Crippen LogP contribution < -0.4 is 0 Å². The quantitative estimate of drug-likeness (QED) is 0.289. The maximum atomic E-state index is 13.5. The van der Waals surface area contributed by atoms with Crippen LogP contribution in [-0.4, -0.2) is 54.7 Å². The molecule has 1 unspecified atom stereocenters. The Morgan fingerprint density at radius 2 is 1.65 bits per heavy atom. The van der Waals surface area contributed by atoms with E-state index in [2.05, 4.69) is 11.6 Å². The van der Waals surface area contributed by atoms with Crippen molar-refractivity contribution in [3.8, 4) is 11.3 Å². The molecule has 0 saturated carbocycles. The zero-order chi connectivity index (χ0) is 25.3. The first-order valence-electron chi connectivity index (χ1n) is 11.5. The molecule has 5 rings (SSSR count). The van der Waals surface area contributed by atoms with Crippen molar-refractivity contribution in [1.82, 2.24) is 14.2 Å². The van der Waals surface area contributed by atoms with Gasteiger partial charge in [0.15, 0.2) is 5.76 Å². The number of amides is 1. The van der Waals surface area contributed by atoms with Crippen LogP contribution in [0.4, 0.5) is 0 Å². The molecule has 0 N–H and O–H groups in total. The van der Waals surface area contributed by atoms with E-state index < -0.39 is 15.3 Å². The molecule has 0 spiro atoms. The van der Waals surface area contributed by atoms with E-state index in [-0.39, 0.29) is 50.3 Å². The third-order valence-corrected chi connectivity index (χ3v) is 8.78. The summed E-state index contributed by atoms with van der Waals surface area (Å²) < 4.78 is 34.2. The van der Waals surface area contributed by atoms with Crippen LogP contribution in [-0.2, 0) is 10.0 Å². The molecule has 10 heteroatoms. The van der Waals surface area contributed by atoms with E-state index in [1.807, 2.05) is 24.3 Å². The molecule has 192 valence electrons. The summed E-state index contributed by atoms with van der Waals surface area (Å²) in [5.41, 5.74) is 1.46. The molecule has 1 saturated heterocycles. The van der Waals surface area contributed by atoms with Gasteiger partial charge in [0.05, 0.1) is 0 Å². The van der Waals surface area contributed by atoms with Crippen LogP contribution in [0.15, 0.2) is 90.1 Å². The Bertz CT molecular complexity index is 1530. The number of hydrogen-bond donors (Lipinski definition) is 0. The monoisotopic (exact) mass is 557 g/mol. The van der Waals surface area contributed by atoms with Gasteiger partial charge in [-0.15, -0.1) is 19.0 Å². The van der Waals surface area contributed by atoms with Gasteiger partial charge in [0.1, 0.15) is 11.0 Å². The first-order chi connectivity index (χ1) is 17.4. The van der Waals surface area contributed by atoms with Crippen molar-refractivity contribution in [3.63, 3.8) is 0 Å². The zero-order valence-corrected chi connectivity index (χ0v) is 22.2. The van der Waals surface area contributed by atoms with Crippen molar-refractivity contribution in [1.29, 1.82) is 0 Å². The van der Waals surface area contributed by atoms with Crippen molar-refractivity contribution < 1.29 is 17.6 Å². The summed E-state index contributed by atoms with van der Waals surface area (Å²) in [7, 11) is -3.73. The highest BCUT2D eigenvalue weighted by atomic mass is 35.5. The Morgan fingerprint density at radius 1 is 0.973 bits per heavy atom. The van der Waals surface area contributed by atoms with Crippen molar-refractivity contribution in [2.75, 3.05) is 26.2 Å². The molecule has 1 aliphatic rings. The molecule has 1 atom stereocenters. The average Bonchev–Trinajstić information content (AvgIpc) is 3.40. The van der Waals surface area contributed by atoms with Gasteiger partial charge in [0.2, 0.25) is 10.0 Å². The second-order valence-corrected chi connectivity index (χ2v) is 11.0. The number of furan rings is 1. The van der Waals surface area contributed by atoms with Gasteiger partial charge in [-0.05, 0) is 58.8 Å². The van der Waals surface area contributed by atoms with Gasteiger partial charge >= 0.3 is 0 Å². The molecule has 1 fully saturated rings. The van der Waals surface area contributed by atoms with Gasteiger partial charge in [0, 0.05) is 49.2 Å². The predicted octanol–water partition coefficient (Wildman–Crippen LogP) is 5.58. The third kappa shape index (κ3) is 5.43. The average molecular weight is 558 g/mol. The van der Waals surface area contributed by atoms with Crippen LogP contribution in [0.5, 0.6) is 0 Å². The number of aromatic nitrogens is 1. The molecule has 0 aliphatic carbocycles. The highest BCUT2D eigenvalue weighted by molar-refractivity contribution is 7.89. The summed E-state index contributed by atoms with van der Waals surface area (Å²) >= 11 is 6.07. The Hall–Kier alpha value is -3.17. The lowest BCUT2D eigenvalue weighted by Gasteiger charge is -2.35. The summed E-state index contributed by atoms with van der Waals surface area (Å²) in [6, 6.07) is 18.0. The van der Waals surface area contributed by atoms with Crippen LogP contribution >= 0.6 is 24.0 Å². The molecule has 2 aromatic heterocycles. The summed E-state index contributed by atoms with van der Waals surface area (Å²) in [5.74, 6) is 0.535. The van der Waals surface area contributed by atoms with Gasteiger partial charge in [-0.3, -0.25) is 9.78 Å². The van der Waals surface area contributed by atoms with E-state index in [1.165, 1.54) is 10.4 Å². The molecular formula is C27H25Cl2N3O4S. The highest BCUT2D eigenvalue weighted by Gasteiger charge is 2.35. The summed E-state index contributed by atoms with van der Waals surface area (Å²) in [4.78, 5) is 18.6. The van der Waals surface area contributed by atoms with Crippen molar-refractivity contribution >= 4 is 50.7 Å². The van der Waals surface area contributed by atoms with Crippen LogP contribution in [0.25, 0.3) is 22.1 Å². The number of rotatable bonds is 6. The fraction of sp³-hybridized carbons (Fsp3) is 0.185. The minimum Gasteiger partial charge on any atom is -0.451 e. The minimum absolute atomic E-state index is 0. The molecule has 37 heavy (non-hydrogen) atoms. The van der Waals surface area contributed by atoms with E-state index in [9.17, 15) is 13.2 Å². The fourth-order valence-corrected chi connectivity index (χ4v) is 6.34. The lowest BCUT2D eigenvalue weighted by Crippen LogP contribution is -2.51. The van der Waals surface area contributed by atoms with Gasteiger partial charge < -0.3 is 9.32 Å². The molecule has 2 aromatic carbocycles. The third-order valence-electron chi connectivity index (χ3n) is 6.36. The number of carbonyl (C=O) groups is 1. The highest BCUT2D eigenvalue weighted by Crippen LogP contribution is 2.31. The van der Waals surface area contributed by atoms with Crippen molar-refractivity contribution in [3.05, 3.63) is 102 Å². The lowest BCUT2D eigenvalue weighted by atomic mass is 10.0. The number of piperazine rings is 1. The Morgan fingerprint density at radius 3 is 2.35 bits per heavy atom. The van der Waals surface area contributed by atoms with Crippen LogP contribution in [0.1, 0.15) is 21.4 Å². The normalized spacial score (nSPS) is 15.2. The van der Waals surface area contributed by atoms with Crippen LogP contribution in [0, 0.1) is 0 Å². The Kier molecular flexibility index (Phi) is 8.04. The fourth-order valence-electron chi connectivity index (χ4n) is 4.43. The SMILES string of the molecule is C=CC(c1ccc2cc(Cl)ccc2c1)S(=O)(=O)N1CCN(C(=O)c2ccc(-c3ccncc3)o2)CC1.Cl. The largest absolute Gasteiger partial charge is 0.451 e. The first-order valence-corrected chi connectivity index (χ1v) is 13.4. The molecule has 0 bridgehead atoms. The maximum Gasteiger partial charge on any atom is 0.289 e. The predicted molar refractivity (Wildman–Crippen MR) is 147 cm³/mol. The number of pyridine rings is 1. The van der Waals surface area contributed by atoms with Crippen LogP contribution in [0.3, 0.4) is 0 Å². The number of benzene rings is 2. The molecular weight excluding hydrogens is 533 g/mol. The molecule has 1 amide bonds. The second kappa shape index (κ2) is 11.1. The molecule has 7 nitrogen and oxygen atoms in total. The number of fused-ring (bicyclic) bond motifs is 1. The van der Waals surface area contributed by atoms with Gasteiger partial charge in [-0.2, -0.15) is 4.31 Å². The molecule has 4 aromatic rings. The number of sulfonamides is 1. The minimum atomic E-state index is -3.73. The number of carbonyl (C=O) groups excluding carboxylic acids is 1. The van der Waals surface area contributed by atoms with E-state index >= 15 is 0 Å². The Labute approximate surface area is 226 Å². The molecule has 1 aliphatic heterocycles. The van der Waals surface area contributed by atoms with Crippen molar-refractivity contribution in [2.45, 2.75) is 5.25 Å². The molecule has 3 heterocycles. The van der Waals surface area contributed by atoms with E-state index in [1.54, 1.807) is 53.7 Å². The standard InChI is InChI=1S/C27H24ClN3O4S.ClH/c1-2-26(22-4-3-21-18-23(28)6-5-20(21)17-22)36(33,34)31-15-13-30(14-16-31)27(32)25-8-7-24(35-25)19-9-11-29-12-10-19;/h2-12,17-18,26H,1,13-16H2;1H. The van der Waals surface area contributed by atoms with E-state index in [0.29, 0.717) is 16.3 Å². The second-order valence-electron chi connectivity index (χ2n) is 8.54.